The number of aryl methyl sites for hydroxylation is 1. The third-order valence-corrected chi connectivity index (χ3v) is 2.83. The summed E-state index contributed by atoms with van der Waals surface area (Å²) in [5, 5.41) is 10.5. The van der Waals surface area contributed by atoms with E-state index in [0.717, 1.165) is 24.0 Å². The van der Waals surface area contributed by atoms with Gasteiger partial charge in [-0.25, -0.2) is 0 Å². The summed E-state index contributed by atoms with van der Waals surface area (Å²) in [7, 11) is 0. The topological polar surface area (TPSA) is 46.2 Å². The standard InChI is InChI=1S/C12H18ClNO/c1-3-4-11(15)12(14)10-6-5-9(13)7-8(10)2/h5-7,11-12,15H,3-4,14H2,1-2H3/t11-,12+/m0/s1. The molecule has 1 aromatic rings. The van der Waals surface area contributed by atoms with Crippen molar-refractivity contribution in [3.63, 3.8) is 0 Å². The molecular weight excluding hydrogens is 210 g/mol. The Morgan fingerprint density at radius 2 is 2.13 bits per heavy atom. The number of hydrogen-bond acceptors (Lipinski definition) is 2. The van der Waals surface area contributed by atoms with Crippen LogP contribution in [0, 0.1) is 6.92 Å². The van der Waals surface area contributed by atoms with Crippen LogP contribution in [-0.2, 0) is 0 Å². The minimum atomic E-state index is -0.477. The maximum Gasteiger partial charge on any atom is 0.0732 e. The summed E-state index contributed by atoms with van der Waals surface area (Å²) in [6.45, 7) is 3.99. The van der Waals surface area contributed by atoms with Gasteiger partial charge in [0, 0.05) is 5.02 Å². The van der Waals surface area contributed by atoms with E-state index in [-0.39, 0.29) is 6.04 Å². The zero-order chi connectivity index (χ0) is 11.4. The van der Waals surface area contributed by atoms with Crippen LogP contribution in [0.1, 0.15) is 36.9 Å². The first kappa shape index (κ1) is 12.5. The third-order valence-electron chi connectivity index (χ3n) is 2.59. The van der Waals surface area contributed by atoms with E-state index < -0.39 is 6.10 Å². The molecule has 0 radical (unpaired) electrons. The molecule has 0 heterocycles. The molecule has 0 aliphatic rings. The largest absolute Gasteiger partial charge is 0.391 e. The number of benzene rings is 1. The van der Waals surface area contributed by atoms with Crippen LogP contribution < -0.4 is 5.73 Å². The van der Waals surface area contributed by atoms with Gasteiger partial charge in [0.15, 0.2) is 0 Å². The normalized spacial score (nSPS) is 15.0. The second-order valence-electron chi connectivity index (χ2n) is 3.88. The highest BCUT2D eigenvalue weighted by atomic mass is 35.5. The maximum absolute atomic E-state index is 9.81. The lowest BCUT2D eigenvalue weighted by molar-refractivity contribution is 0.134. The quantitative estimate of drug-likeness (QED) is 0.831. The van der Waals surface area contributed by atoms with E-state index in [1.54, 1.807) is 0 Å². The molecule has 84 valence electrons. The molecular formula is C12H18ClNO. The molecule has 1 aromatic carbocycles. The van der Waals surface area contributed by atoms with Crippen LogP contribution in [0.15, 0.2) is 18.2 Å². The fourth-order valence-electron chi connectivity index (χ4n) is 1.70. The second-order valence-corrected chi connectivity index (χ2v) is 4.32. The van der Waals surface area contributed by atoms with Crippen molar-refractivity contribution >= 4 is 11.6 Å². The van der Waals surface area contributed by atoms with Gasteiger partial charge in [-0.3, -0.25) is 0 Å². The second kappa shape index (κ2) is 5.50. The number of halogens is 1. The number of nitrogens with two attached hydrogens (primary N) is 1. The van der Waals surface area contributed by atoms with Gasteiger partial charge in [-0.15, -0.1) is 0 Å². The van der Waals surface area contributed by atoms with E-state index in [1.807, 2.05) is 32.0 Å². The summed E-state index contributed by atoms with van der Waals surface area (Å²) in [6, 6.07) is 5.25. The van der Waals surface area contributed by atoms with E-state index in [9.17, 15) is 5.11 Å². The van der Waals surface area contributed by atoms with Gasteiger partial charge in [-0.05, 0) is 36.6 Å². The summed E-state index contributed by atoms with van der Waals surface area (Å²) in [5.74, 6) is 0. The molecule has 3 N–H and O–H groups in total. The lowest BCUT2D eigenvalue weighted by Gasteiger charge is -2.20. The molecule has 0 amide bonds. The first-order valence-corrected chi connectivity index (χ1v) is 5.63. The van der Waals surface area contributed by atoms with Gasteiger partial charge in [0.25, 0.3) is 0 Å². The molecule has 15 heavy (non-hydrogen) atoms. The van der Waals surface area contributed by atoms with Crippen LogP contribution in [0.5, 0.6) is 0 Å². The number of aliphatic hydroxyl groups excluding tert-OH is 1. The summed E-state index contributed by atoms with van der Waals surface area (Å²) in [5.41, 5.74) is 7.99. The highest BCUT2D eigenvalue weighted by Crippen LogP contribution is 2.23. The van der Waals surface area contributed by atoms with Gasteiger partial charge in [0.05, 0.1) is 12.1 Å². The molecule has 0 aliphatic heterocycles. The minimum absolute atomic E-state index is 0.317. The molecule has 2 nitrogen and oxygen atoms in total. The van der Waals surface area contributed by atoms with Crippen LogP contribution in [0.2, 0.25) is 5.02 Å². The van der Waals surface area contributed by atoms with E-state index in [2.05, 4.69) is 0 Å². The third kappa shape index (κ3) is 3.20. The van der Waals surface area contributed by atoms with Crippen molar-refractivity contribution in [3.05, 3.63) is 34.3 Å². The highest BCUT2D eigenvalue weighted by molar-refractivity contribution is 6.30. The minimum Gasteiger partial charge on any atom is -0.391 e. The number of rotatable bonds is 4. The van der Waals surface area contributed by atoms with Crippen LogP contribution in [-0.4, -0.2) is 11.2 Å². The Kier molecular flexibility index (Phi) is 4.58. The van der Waals surface area contributed by atoms with Crippen molar-refractivity contribution in [3.8, 4) is 0 Å². The molecule has 0 saturated carbocycles. The molecule has 0 aliphatic carbocycles. The summed E-state index contributed by atoms with van der Waals surface area (Å²) < 4.78 is 0. The van der Waals surface area contributed by atoms with Crippen LogP contribution in [0.25, 0.3) is 0 Å². The van der Waals surface area contributed by atoms with Crippen molar-refractivity contribution < 1.29 is 5.11 Å². The van der Waals surface area contributed by atoms with Gasteiger partial charge in [0.1, 0.15) is 0 Å². The van der Waals surface area contributed by atoms with Crippen molar-refractivity contribution in [2.24, 2.45) is 5.73 Å². The average molecular weight is 228 g/mol. The van der Waals surface area contributed by atoms with Crippen molar-refractivity contribution in [2.45, 2.75) is 38.8 Å². The van der Waals surface area contributed by atoms with Gasteiger partial charge in [-0.1, -0.05) is 31.0 Å². The molecule has 0 unspecified atom stereocenters. The van der Waals surface area contributed by atoms with E-state index in [1.165, 1.54) is 0 Å². The Bertz CT molecular complexity index is 327. The maximum atomic E-state index is 9.81. The lowest BCUT2D eigenvalue weighted by Crippen LogP contribution is -2.26. The first-order chi connectivity index (χ1) is 7.06. The van der Waals surface area contributed by atoms with E-state index >= 15 is 0 Å². The van der Waals surface area contributed by atoms with Crippen molar-refractivity contribution in [1.82, 2.24) is 0 Å². The molecule has 3 heteroatoms. The Morgan fingerprint density at radius 3 is 2.67 bits per heavy atom. The lowest BCUT2D eigenvalue weighted by atomic mass is 9.95. The number of aliphatic hydroxyl groups is 1. The zero-order valence-electron chi connectivity index (χ0n) is 9.20. The summed E-state index contributed by atoms with van der Waals surface area (Å²) >= 11 is 5.86. The van der Waals surface area contributed by atoms with Crippen LogP contribution in [0.4, 0.5) is 0 Å². The molecule has 0 fully saturated rings. The van der Waals surface area contributed by atoms with Gasteiger partial charge in [0.2, 0.25) is 0 Å². The Balaban J connectivity index is 2.86. The fraction of sp³-hybridized carbons (Fsp3) is 0.500. The van der Waals surface area contributed by atoms with Gasteiger partial charge in [-0.2, -0.15) is 0 Å². The molecule has 0 spiro atoms. The average Bonchev–Trinajstić information content (AvgIpc) is 2.17. The predicted octanol–water partition coefficient (Wildman–Crippen LogP) is 2.81. The smallest absolute Gasteiger partial charge is 0.0732 e. The van der Waals surface area contributed by atoms with E-state index in [0.29, 0.717) is 5.02 Å². The molecule has 1 rings (SSSR count). The summed E-state index contributed by atoms with van der Waals surface area (Å²) in [6.07, 6.45) is 1.18. The molecule has 0 aromatic heterocycles. The summed E-state index contributed by atoms with van der Waals surface area (Å²) in [4.78, 5) is 0. The van der Waals surface area contributed by atoms with Crippen molar-refractivity contribution in [2.75, 3.05) is 0 Å². The molecule has 2 atom stereocenters. The molecule has 0 saturated heterocycles. The molecule has 0 bridgehead atoms. The number of hydrogen-bond donors (Lipinski definition) is 2. The Labute approximate surface area is 96.1 Å². The van der Waals surface area contributed by atoms with E-state index in [4.69, 9.17) is 17.3 Å². The zero-order valence-corrected chi connectivity index (χ0v) is 9.96. The highest BCUT2D eigenvalue weighted by Gasteiger charge is 2.17. The predicted molar refractivity (Wildman–Crippen MR) is 64.0 cm³/mol. The Hall–Kier alpha value is -0.570. The SMILES string of the molecule is CCC[C@H](O)[C@H](N)c1ccc(Cl)cc1C. The first-order valence-electron chi connectivity index (χ1n) is 5.26. The fourth-order valence-corrected chi connectivity index (χ4v) is 1.92. The van der Waals surface area contributed by atoms with Gasteiger partial charge >= 0.3 is 0 Å². The Morgan fingerprint density at radius 1 is 1.47 bits per heavy atom. The van der Waals surface area contributed by atoms with Crippen LogP contribution >= 0.6 is 11.6 Å². The van der Waals surface area contributed by atoms with Crippen LogP contribution in [0.3, 0.4) is 0 Å². The monoisotopic (exact) mass is 227 g/mol. The van der Waals surface area contributed by atoms with Crippen molar-refractivity contribution in [1.29, 1.82) is 0 Å². The van der Waals surface area contributed by atoms with Gasteiger partial charge < -0.3 is 10.8 Å².